The molecule has 2 saturated heterocycles. The van der Waals surface area contributed by atoms with Crippen LogP contribution in [0, 0.1) is 0 Å². The minimum absolute atomic E-state index is 0.0129. The van der Waals surface area contributed by atoms with E-state index in [1.54, 1.807) is 23.9 Å². The molecule has 6 heteroatoms. The predicted octanol–water partition coefficient (Wildman–Crippen LogP) is 2.82. The van der Waals surface area contributed by atoms with Gasteiger partial charge >= 0.3 is 0 Å². The van der Waals surface area contributed by atoms with Crippen molar-refractivity contribution in [3.63, 3.8) is 0 Å². The highest BCUT2D eigenvalue weighted by Gasteiger charge is 2.48. The summed E-state index contributed by atoms with van der Waals surface area (Å²) in [5, 5.41) is 4.35. The van der Waals surface area contributed by atoms with Crippen molar-refractivity contribution in [1.82, 2.24) is 19.6 Å². The Morgan fingerprint density at radius 1 is 1.04 bits per heavy atom. The average molecular weight is 380 g/mol. The molecular weight excluding hydrogens is 352 g/mol. The van der Waals surface area contributed by atoms with Gasteiger partial charge in [0, 0.05) is 39.2 Å². The molecule has 0 N–H and O–H groups in total. The summed E-state index contributed by atoms with van der Waals surface area (Å²) in [4.78, 5) is 29.9. The molecule has 3 atom stereocenters. The fourth-order valence-electron chi connectivity index (χ4n) is 4.90. The summed E-state index contributed by atoms with van der Waals surface area (Å²) in [6.45, 7) is 3.03. The van der Waals surface area contributed by atoms with E-state index in [9.17, 15) is 9.59 Å². The third-order valence-electron chi connectivity index (χ3n) is 6.18. The van der Waals surface area contributed by atoms with Crippen LogP contribution in [-0.4, -0.2) is 56.6 Å². The van der Waals surface area contributed by atoms with Gasteiger partial charge in [-0.2, -0.15) is 5.10 Å². The van der Waals surface area contributed by atoms with Crippen molar-refractivity contribution >= 4 is 11.8 Å². The van der Waals surface area contributed by atoms with Crippen LogP contribution in [0.4, 0.5) is 0 Å². The second-order valence-electron chi connectivity index (χ2n) is 7.97. The van der Waals surface area contributed by atoms with E-state index >= 15 is 0 Å². The second kappa shape index (κ2) is 7.78. The molecule has 0 spiro atoms. The van der Waals surface area contributed by atoms with Gasteiger partial charge in [0.15, 0.2) is 0 Å². The molecule has 0 saturated carbocycles. The molecule has 2 aliphatic rings. The van der Waals surface area contributed by atoms with Gasteiger partial charge in [0.1, 0.15) is 5.69 Å². The van der Waals surface area contributed by atoms with E-state index in [2.05, 4.69) is 17.2 Å². The zero-order valence-corrected chi connectivity index (χ0v) is 16.6. The molecule has 3 heterocycles. The molecule has 6 nitrogen and oxygen atoms in total. The molecule has 2 aliphatic heterocycles. The van der Waals surface area contributed by atoms with Crippen LogP contribution in [0.2, 0.25) is 0 Å². The molecule has 148 valence electrons. The monoisotopic (exact) mass is 380 g/mol. The first kappa shape index (κ1) is 18.7. The standard InChI is InChI=1S/C22H28N4O2/c1-16(27)26-15-18(17-9-5-3-6-10-17)21-20(26)11-7-4-8-13-25(21)22(28)19-12-14-24(2)23-19/h3,5-6,9-10,12,14,18,20-21H,4,7-8,11,13,15H2,1-2H3/t18-,20+,21-/m0/s1. The van der Waals surface area contributed by atoms with Gasteiger partial charge in [-0.05, 0) is 24.5 Å². The van der Waals surface area contributed by atoms with Crippen LogP contribution in [0.3, 0.4) is 0 Å². The largest absolute Gasteiger partial charge is 0.337 e. The fraction of sp³-hybridized carbons (Fsp3) is 0.500. The van der Waals surface area contributed by atoms with E-state index in [0.717, 1.165) is 25.7 Å². The first-order chi connectivity index (χ1) is 13.6. The molecule has 2 amide bonds. The van der Waals surface area contributed by atoms with Gasteiger partial charge in [-0.15, -0.1) is 0 Å². The third-order valence-corrected chi connectivity index (χ3v) is 6.18. The van der Waals surface area contributed by atoms with E-state index in [-0.39, 0.29) is 29.8 Å². The van der Waals surface area contributed by atoms with Crippen LogP contribution in [0.25, 0.3) is 0 Å². The number of hydrogen-bond donors (Lipinski definition) is 0. The lowest BCUT2D eigenvalue weighted by Gasteiger charge is -2.38. The zero-order valence-electron chi connectivity index (χ0n) is 16.6. The highest BCUT2D eigenvalue weighted by Crippen LogP contribution is 2.39. The quantitative estimate of drug-likeness (QED) is 0.805. The number of benzene rings is 1. The van der Waals surface area contributed by atoms with Crippen LogP contribution in [0.1, 0.15) is 54.6 Å². The number of nitrogens with zero attached hydrogens (tertiary/aromatic N) is 4. The molecule has 4 rings (SSSR count). The Morgan fingerprint density at radius 3 is 2.50 bits per heavy atom. The van der Waals surface area contributed by atoms with E-state index in [4.69, 9.17) is 0 Å². The molecule has 1 aromatic heterocycles. The minimum Gasteiger partial charge on any atom is -0.337 e. The van der Waals surface area contributed by atoms with Gasteiger partial charge in [-0.25, -0.2) is 0 Å². The SMILES string of the molecule is CC(=O)N1C[C@@H](c2ccccc2)[C@H]2[C@H]1CCCCCN2C(=O)c1ccn(C)n1. The van der Waals surface area contributed by atoms with Gasteiger partial charge in [0.25, 0.3) is 5.91 Å². The summed E-state index contributed by atoms with van der Waals surface area (Å²) in [6, 6.07) is 12.2. The van der Waals surface area contributed by atoms with Crippen molar-refractivity contribution in [3.8, 4) is 0 Å². The van der Waals surface area contributed by atoms with Gasteiger partial charge < -0.3 is 9.80 Å². The Morgan fingerprint density at radius 2 is 1.82 bits per heavy atom. The molecule has 0 radical (unpaired) electrons. The van der Waals surface area contributed by atoms with E-state index in [1.807, 2.05) is 35.0 Å². The van der Waals surface area contributed by atoms with E-state index < -0.39 is 0 Å². The van der Waals surface area contributed by atoms with E-state index in [1.165, 1.54) is 5.56 Å². The number of aromatic nitrogens is 2. The van der Waals surface area contributed by atoms with E-state index in [0.29, 0.717) is 18.8 Å². The van der Waals surface area contributed by atoms with Crippen molar-refractivity contribution < 1.29 is 9.59 Å². The van der Waals surface area contributed by atoms with Crippen molar-refractivity contribution in [2.75, 3.05) is 13.1 Å². The number of rotatable bonds is 2. The van der Waals surface area contributed by atoms with Gasteiger partial charge in [-0.3, -0.25) is 14.3 Å². The summed E-state index contributed by atoms with van der Waals surface area (Å²) >= 11 is 0. The maximum Gasteiger partial charge on any atom is 0.274 e. The van der Waals surface area contributed by atoms with Crippen molar-refractivity contribution in [2.24, 2.45) is 7.05 Å². The topological polar surface area (TPSA) is 58.4 Å². The Hall–Kier alpha value is -2.63. The first-order valence-corrected chi connectivity index (χ1v) is 10.2. The number of carbonyl (C=O) groups excluding carboxylic acids is 2. The van der Waals surface area contributed by atoms with Crippen LogP contribution >= 0.6 is 0 Å². The Labute approximate surface area is 166 Å². The highest BCUT2D eigenvalue weighted by molar-refractivity contribution is 5.92. The Balaban J connectivity index is 1.75. The predicted molar refractivity (Wildman–Crippen MR) is 107 cm³/mol. The van der Waals surface area contributed by atoms with Crippen LogP contribution in [0.15, 0.2) is 42.6 Å². The number of fused-ring (bicyclic) bond motifs is 1. The lowest BCUT2D eigenvalue weighted by atomic mass is 9.86. The summed E-state index contributed by atoms with van der Waals surface area (Å²) < 4.78 is 1.67. The van der Waals surface area contributed by atoms with Crippen LogP contribution < -0.4 is 0 Å². The van der Waals surface area contributed by atoms with Crippen LogP contribution in [0.5, 0.6) is 0 Å². The molecule has 0 unspecified atom stereocenters. The van der Waals surface area contributed by atoms with Gasteiger partial charge in [0.2, 0.25) is 5.91 Å². The number of amides is 2. The lowest BCUT2D eigenvalue weighted by Crippen LogP contribution is -2.51. The first-order valence-electron chi connectivity index (χ1n) is 10.2. The summed E-state index contributed by atoms with van der Waals surface area (Å²) in [5.41, 5.74) is 1.68. The number of aryl methyl sites for hydroxylation is 1. The smallest absolute Gasteiger partial charge is 0.274 e. The second-order valence-corrected chi connectivity index (χ2v) is 7.97. The fourth-order valence-corrected chi connectivity index (χ4v) is 4.90. The minimum atomic E-state index is -0.0242. The molecule has 0 aliphatic carbocycles. The summed E-state index contributed by atoms with van der Waals surface area (Å²) in [5.74, 6) is 0.198. The lowest BCUT2D eigenvalue weighted by molar-refractivity contribution is -0.130. The summed E-state index contributed by atoms with van der Waals surface area (Å²) in [7, 11) is 1.83. The molecule has 2 aromatic rings. The number of likely N-dealkylation sites (tertiary alicyclic amines) is 2. The molecule has 28 heavy (non-hydrogen) atoms. The van der Waals surface area contributed by atoms with Gasteiger partial charge in [0.05, 0.1) is 12.1 Å². The number of carbonyl (C=O) groups is 2. The van der Waals surface area contributed by atoms with Gasteiger partial charge in [-0.1, -0.05) is 43.2 Å². The Kier molecular flexibility index (Phi) is 5.20. The van der Waals surface area contributed by atoms with Crippen molar-refractivity contribution in [1.29, 1.82) is 0 Å². The molecule has 2 fully saturated rings. The highest BCUT2D eigenvalue weighted by atomic mass is 16.2. The molecule has 1 aromatic carbocycles. The molecule has 0 bridgehead atoms. The normalized spacial score (nSPS) is 25.1. The summed E-state index contributed by atoms with van der Waals surface area (Å²) in [6.07, 6.45) is 5.91. The maximum absolute atomic E-state index is 13.4. The van der Waals surface area contributed by atoms with Crippen molar-refractivity contribution in [3.05, 3.63) is 53.9 Å². The van der Waals surface area contributed by atoms with Crippen LogP contribution in [-0.2, 0) is 11.8 Å². The maximum atomic E-state index is 13.4. The number of hydrogen-bond acceptors (Lipinski definition) is 3. The Bertz CT molecular complexity index is 847. The molecular formula is C22H28N4O2. The average Bonchev–Trinajstić information content (AvgIpc) is 3.26. The third kappa shape index (κ3) is 3.43. The van der Waals surface area contributed by atoms with Crippen molar-refractivity contribution in [2.45, 2.75) is 50.6 Å². The zero-order chi connectivity index (χ0) is 19.7.